The van der Waals surface area contributed by atoms with E-state index < -0.39 is 21.9 Å². The van der Waals surface area contributed by atoms with E-state index in [-0.39, 0.29) is 18.9 Å². The molecule has 0 N–H and O–H groups in total. The van der Waals surface area contributed by atoms with Crippen molar-refractivity contribution in [1.82, 2.24) is 9.80 Å². The molecule has 1 heterocycles. The normalized spacial score (nSPS) is 18.4. The first kappa shape index (κ1) is 18.7. The Morgan fingerprint density at radius 2 is 1.96 bits per heavy atom. The Bertz CT molecular complexity index is 661. The van der Waals surface area contributed by atoms with E-state index in [0.717, 1.165) is 17.9 Å². The minimum Gasteiger partial charge on any atom is -0.492 e. The zero-order valence-corrected chi connectivity index (χ0v) is 14.8. The van der Waals surface area contributed by atoms with Crippen molar-refractivity contribution in [3.63, 3.8) is 0 Å². The lowest BCUT2D eigenvalue weighted by molar-refractivity contribution is -0.128. The predicted molar refractivity (Wildman–Crippen MR) is 88.9 cm³/mol. The number of benzene rings is 1. The molecule has 0 spiro atoms. The second-order valence-electron chi connectivity index (χ2n) is 6.35. The van der Waals surface area contributed by atoms with Crippen LogP contribution in [0.15, 0.2) is 24.3 Å². The molecule has 0 aliphatic carbocycles. The highest BCUT2D eigenvalue weighted by atomic mass is 32.3. The molecule has 0 saturated carbocycles. The Morgan fingerprint density at radius 1 is 1.29 bits per heavy atom. The van der Waals surface area contributed by atoms with Gasteiger partial charge >= 0.3 is 10.2 Å². The van der Waals surface area contributed by atoms with Gasteiger partial charge in [0.15, 0.2) is 0 Å². The Kier molecular flexibility index (Phi) is 6.17. The molecule has 0 aromatic heterocycles. The van der Waals surface area contributed by atoms with Gasteiger partial charge in [-0.25, -0.2) is 0 Å². The van der Waals surface area contributed by atoms with Crippen molar-refractivity contribution in [2.75, 3.05) is 39.5 Å². The largest absolute Gasteiger partial charge is 0.492 e. The minimum atomic E-state index is -4.55. The lowest BCUT2D eigenvalue weighted by Gasteiger charge is -2.17. The predicted octanol–water partition coefficient (Wildman–Crippen LogP) is 1.27. The van der Waals surface area contributed by atoms with E-state index in [1.807, 2.05) is 43.3 Å². The number of halogens is 1. The highest BCUT2D eigenvalue weighted by Gasteiger charge is 2.32. The maximum Gasteiger partial charge on any atom is 0.302 e. The number of ether oxygens (including phenoxy) is 1. The molecule has 1 aromatic carbocycles. The number of likely N-dealkylation sites (N-methyl/N-ethyl adjacent to an activating group) is 1. The van der Waals surface area contributed by atoms with Crippen LogP contribution in [0.3, 0.4) is 0 Å². The lowest BCUT2D eigenvalue weighted by atomic mass is 10.1. The highest BCUT2D eigenvalue weighted by molar-refractivity contribution is 7.86. The maximum atomic E-state index is 12.7. The lowest BCUT2D eigenvalue weighted by Crippen LogP contribution is -2.25. The SMILES string of the molecule is CN(C)CCOc1ccc(CN2CC(CS(=O)(=O)F)CC2=O)cc1. The van der Waals surface area contributed by atoms with Gasteiger partial charge in [-0.1, -0.05) is 12.1 Å². The van der Waals surface area contributed by atoms with E-state index in [9.17, 15) is 17.1 Å². The molecule has 1 aliphatic rings. The summed E-state index contributed by atoms with van der Waals surface area (Å²) in [4.78, 5) is 15.5. The highest BCUT2D eigenvalue weighted by Crippen LogP contribution is 2.23. The van der Waals surface area contributed by atoms with E-state index in [4.69, 9.17) is 4.74 Å². The van der Waals surface area contributed by atoms with Crippen LogP contribution in [-0.2, 0) is 21.6 Å². The van der Waals surface area contributed by atoms with E-state index >= 15 is 0 Å². The van der Waals surface area contributed by atoms with Gasteiger partial charge in [0.1, 0.15) is 12.4 Å². The van der Waals surface area contributed by atoms with Gasteiger partial charge in [0, 0.05) is 32.0 Å². The van der Waals surface area contributed by atoms with Crippen LogP contribution in [-0.4, -0.2) is 63.7 Å². The minimum absolute atomic E-state index is 0.0783. The second kappa shape index (κ2) is 7.94. The Morgan fingerprint density at radius 3 is 2.54 bits per heavy atom. The number of nitrogens with zero attached hydrogens (tertiary/aromatic N) is 2. The Hall–Kier alpha value is -1.67. The zero-order valence-electron chi connectivity index (χ0n) is 13.9. The third-order valence-electron chi connectivity index (χ3n) is 3.83. The summed E-state index contributed by atoms with van der Waals surface area (Å²) in [6.45, 7) is 2.07. The molecule has 1 aromatic rings. The van der Waals surface area contributed by atoms with Crippen LogP contribution in [0.4, 0.5) is 3.89 Å². The van der Waals surface area contributed by atoms with Gasteiger partial charge in [-0.3, -0.25) is 4.79 Å². The van der Waals surface area contributed by atoms with Crippen LogP contribution < -0.4 is 4.74 Å². The number of hydrogen-bond acceptors (Lipinski definition) is 5. The molecular weight excluding hydrogens is 335 g/mol. The molecule has 0 radical (unpaired) electrons. The summed E-state index contributed by atoms with van der Waals surface area (Å²) >= 11 is 0. The molecular formula is C16H23FN2O4S. The van der Waals surface area contributed by atoms with Crippen molar-refractivity contribution in [3.05, 3.63) is 29.8 Å². The van der Waals surface area contributed by atoms with Crippen molar-refractivity contribution < 1.29 is 21.8 Å². The van der Waals surface area contributed by atoms with Crippen molar-refractivity contribution >= 4 is 16.1 Å². The fourth-order valence-corrected chi connectivity index (χ4v) is 3.44. The van der Waals surface area contributed by atoms with E-state index in [1.165, 1.54) is 0 Å². The molecule has 8 heteroatoms. The number of rotatable bonds is 8. The van der Waals surface area contributed by atoms with Crippen LogP contribution in [0.1, 0.15) is 12.0 Å². The van der Waals surface area contributed by atoms with Gasteiger partial charge < -0.3 is 14.5 Å². The molecule has 2 rings (SSSR count). The number of likely N-dealkylation sites (tertiary alicyclic amines) is 1. The average Bonchev–Trinajstić information content (AvgIpc) is 2.78. The average molecular weight is 358 g/mol. The number of carbonyl (C=O) groups is 1. The van der Waals surface area contributed by atoms with E-state index in [2.05, 4.69) is 0 Å². The van der Waals surface area contributed by atoms with Crippen LogP contribution in [0.25, 0.3) is 0 Å². The number of amides is 1. The van der Waals surface area contributed by atoms with Crippen LogP contribution in [0, 0.1) is 5.92 Å². The molecule has 0 bridgehead atoms. The molecule has 134 valence electrons. The zero-order chi connectivity index (χ0) is 17.7. The van der Waals surface area contributed by atoms with Crippen LogP contribution >= 0.6 is 0 Å². The monoisotopic (exact) mass is 358 g/mol. The molecule has 1 unspecified atom stereocenters. The molecule has 1 saturated heterocycles. The van der Waals surface area contributed by atoms with E-state index in [1.54, 1.807) is 4.90 Å². The Labute approximate surface area is 142 Å². The van der Waals surface area contributed by atoms with Gasteiger partial charge in [-0.15, -0.1) is 3.89 Å². The number of carbonyl (C=O) groups excluding carboxylic acids is 1. The summed E-state index contributed by atoms with van der Waals surface area (Å²) in [6.07, 6.45) is 0.0783. The molecule has 24 heavy (non-hydrogen) atoms. The Balaban J connectivity index is 1.86. The first-order chi connectivity index (χ1) is 11.2. The quantitative estimate of drug-likeness (QED) is 0.655. The molecule has 1 aliphatic heterocycles. The maximum absolute atomic E-state index is 12.7. The van der Waals surface area contributed by atoms with Crippen molar-refractivity contribution in [2.45, 2.75) is 13.0 Å². The van der Waals surface area contributed by atoms with Crippen molar-refractivity contribution in [1.29, 1.82) is 0 Å². The third kappa shape index (κ3) is 6.09. The molecule has 1 fully saturated rings. The van der Waals surface area contributed by atoms with Crippen molar-refractivity contribution in [3.8, 4) is 5.75 Å². The fourth-order valence-electron chi connectivity index (χ4n) is 2.66. The smallest absolute Gasteiger partial charge is 0.302 e. The molecule has 1 atom stereocenters. The van der Waals surface area contributed by atoms with Gasteiger partial charge in [0.25, 0.3) is 0 Å². The second-order valence-corrected chi connectivity index (χ2v) is 7.76. The topological polar surface area (TPSA) is 66.9 Å². The summed E-state index contributed by atoms with van der Waals surface area (Å²) in [5.74, 6) is -0.445. The first-order valence-corrected chi connectivity index (χ1v) is 9.35. The van der Waals surface area contributed by atoms with Gasteiger partial charge in [-0.2, -0.15) is 8.42 Å². The van der Waals surface area contributed by atoms with Crippen molar-refractivity contribution in [2.24, 2.45) is 5.92 Å². The van der Waals surface area contributed by atoms with Gasteiger partial charge in [-0.05, 0) is 31.8 Å². The van der Waals surface area contributed by atoms with Gasteiger partial charge in [0.05, 0.1) is 5.75 Å². The number of hydrogen-bond donors (Lipinski definition) is 0. The molecule has 6 nitrogen and oxygen atoms in total. The first-order valence-electron chi connectivity index (χ1n) is 7.79. The van der Waals surface area contributed by atoms with Crippen LogP contribution in [0.5, 0.6) is 5.75 Å². The van der Waals surface area contributed by atoms with Gasteiger partial charge in [0.2, 0.25) is 5.91 Å². The fraction of sp³-hybridized carbons (Fsp3) is 0.562. The summed E-state index contributed by atoms with van der Waals surface area (Å²) in [7, 11) is -0.601. The van der Waals surface area contributed by atoms with E-state index in [0.29, 0.717) is 13.2 Å². The summed E-state index contributed by atoms with van der Waals surface area (Å²) in [5.41, 5.74) is 0.923. The summed E-state index contributed by atoms with van der Waals surface area (Å²) in [5, 5.41) is 0. The summed E-state index contributed by atoms with van der Waals surface area (Å²) < 4.78 is 39.8. The standard InChI is InChI=1S/C16H23FN2O4S/c1-18(2)7-8-23-15-5-3-13(4-6-15)10-19-11-14(9-16(19)20)12-24(17,21)22/h3-6,14H,7-12H2,1-2H3. The summed E-state index contributed by atoms with van der Waals surface area (Å²) in [6, 6.07) is 7.43. The van der Waals surface area contributed by atoms with Crippen LogP contribution in [0.2, 0.25) is 0 Å². The molecule has 1 amide bonds. The third-order valence-corrected chi connectivity index (χ3v) is 4.70.